The molecule has 1 aromatic rings. The molecular weight excluding hydrogens is 432 g/mol. The van der Waals surface area contributed by atoms with Crippen molar-refractivity contribution in [2.75, 3.05) is 0 Å². The van der Waals surface area contributed by atoms with Crippen molar-refractivity contribution in [3.63, 3.8) is 0 Å². The number of benzene rings is 1. The SMILES string of the molecule is C=C1/C(=C\C=C2/CCC[C@]3(C)[C@@H]([C@@H](C)CCc4cccc(C(C)(C)O)c4)CC[C@@H]23)C[C@@H](O)C[C@@H]1O. The molecule has 4 rings (SSSR count). The summed E-state index contributed by atoms with van der Waals surface area (Å²) < 4.78 is 0. The molecule has 0 bridgehead atoms. The number of hydrogen-bond donors (Lipinski definition) is 3. The van der Waals surface area contributed by atoms with E-state index < -0.39 is 17.8 Å². The quantitative estimate of drug-likeness (QED) is 0.430. The Morgan fingerprint density at radius 1 is 1.20 bits per heavy atom. The Morgan fingerprint density at radius 2 is 1.97 bits per heavy atom. The predicted molar refractivity (Wildman–Crippen MR) is 144 cm³/mol. The molecule has 0 aliphatic heterocycles. The molecule has 0 amide bonds. The van der Waals surface area contributed by atoms with Gasteiger partial charge in [-0.15, -0.1) is 0 Å². The van der Waals surface area contributed by atoms with Crippen LogP contribution in [0.15, 0.2) is 59.7 Å². The average Bonchev–Trinajstić information content (AvgIpc) is 3.16. The lowest BCUT2D eigenvalue weighted by Gasteiger charge is -2.44. The summed E-state index contributed by atoms with van der Waals surface area (Å²) >= 11 is 0. The van der Waals surface area contributed by atoms with E-state index >= 15 is 0 Å². The number of hydrogen-bond acceptors (Lipinski definition) is 3. The van der Waals surface area contributed by atoms with Crippen molar-refractivity contribution in [2.24, 2.45) is 23.2 Å². The van der Waals surface area contributed by atoms with E-state index in [4.69, 9.17) is 0 Å². The fourth-order valence-corrected chi connectivity index (χ4v) is 7.38. The minimum Gasteiger partial charge on any atom is -0.393 e. The van der Waals surface area contributed by atoms with Gasteiger partial charge in [0.2, 0.25) is 0 Å². The molecule has 3 saturated carbocycles. The van der Waals surface area contributed by atoms with Crippen LogP contribution in [-0.4, -0.2) is 27.5 Å². The van der Waals surface area contributed by atoms with Crippen LogP contribution in [0.1, 0.15) is 90.2 Å². The topological polar surface area (TPSA) is 60.7 Å². The Morgan fingerprint density at radius 3 is 2.71 bits per heavy atom. The molecule has 0 heterocycles. The molecular formula is C32H46O3. The van der Waals surface area contributed by atoms with Gasteiger partial charge in [0.05, 0.1) is 17.8 Å². The van der Waals surface area contributed by atoms with Crippen molar-refractivity contribution < 1.29 is 15.3 Å². The fraction of sp³-hybridized carbons (Fsp3) is 0.625. The van der Waals surface area contributed by atoms with E-state index in [9.17, 15) is 15.3 Å². The summed E-state index contributed by atoms with van der Waals surface area (Å²) in [7, 11) is 0. The lowest BCUT2D eigenvalue weighted by Crippen LogP contribution is -2.36. The number of allylic oxidation sites excluding steroid dienone is 3. The average molecular weight is 479 g/mol. The molecule has 3 aliphatic carbocycles. The molecule has 3 N–H and O–H groups in total. The molecule has 0 aromatic heterocycles. The Labute approximate surface area is 212 Å². The Balaban J connectivity index is 1.45. The van der Waals surface area contributed by atoms with Gasteiger partial charge in [0.25, 0.3) is 0 Å². The monoisotopic (exact) mass is 478 g/mol. The highest BCUT2D eigenvalue weighted by molar-refractivity contribution is 5.38. The van der Waals surface area contributed by atoms with Gasteiger partial charge in [-0.1, -0.05) is 62.4 Å². The van der Waals surface area contributed by atoms with Crippen molar-refractivity contribution in [1.29, 1.82) is 0 Å². The summed E-state index contributed by atoms with van der Waals surface area (Å²) in [5.74, 6) is 2.03. The predicted octanol–water partition coefficient (Wildman–Crippen LogP) is 6.62. The molecule has 6 atom stereocenters. The fourth-order valence-electron chi connectivity index (χ4n) is 7.38. The lowest BCUT2D eigenvalue weighted by molar-refractivity contribution is 0.0784. The largest absolute Gasteiger partial charge is 0.393 e. The third-order valence-corrected chi connectivity index (χ3v) is 9.51. The first kappa shape index (κ1) is 26.4. The highest BCUT2D eigenvalue weighted by Crippen LogP contribution is 2.59. The first-order valence-electron chi connectivity index (χ1n) is 13.8. The number of fused-ring (bicyclic) bond motifs is 1. The summed E-state index contributed by atoms with van der Waals surface area (Å²) in [5.41, 5.74) is 5.20. The van der Waals surface area contributed by atoms with Gasteiger partial charge in [-0.2, -0.15) is 0 Å². The Kier molecular flexibility index (Phi) is 7.81. The second-order valence-electron chi connectivity index (χ2n) is 12.4. The van der Waals surface area contributed by atoms with Crippen LogP contribution in [0.3, 0.4) is 0 Å². The number of aliphatic hydroxyl groups is 3. The van der Waals surface area contributed by atoms with Crippen LogP contribution in [0, 0.1) is 23.2 Å². The zero-order chi connectivity index (χ0) is 25.4. The van der Waals surface area contributed by atoms with Crippen molar-refractivity contribution in [3.05, 3.63) is 70.8 Å². The maximum Gasteiger partial charge on any atom is 0.0840 e. The first-order valence-corrected chi connectivity index (χ1v) is 13.8. The lowest BCUT2D eigenvalue weighted by atomic mass is 9.60. The summed E-state index contributed by atoms with van der Waals surface area (Å²) in [5, 5.41) is 30.7. The minimum absolute atomic E-state index is 0.347. The molecule has 0 saturated heterocycles. The van der Waals surface area contributed by atoms with Crippen LogP contribution >= 0.6 is 0 Å². The Hall–Kier alpha value is -1.68. The van der Waals surface area contributed by atoms with E-state index in [-0.39, 0.29) is 0 Å². The van der Waals surface area contributed by atoms with Crippen LogP contribution in [0.4, 0.5) is 0 Å². The summed E-state index contributed by atoms with van der Waals surface area (Å²) in [6.45, 7) is 12.8. The van der Waals surface area contributed by atoms with E-state index in [0.29, 0.717) is 30.1 Å². The van der Waals surface area contributed by atoms with Gasteiger partial charge < -0.3 is 15.3 Å². The van der Waals surface area contributed by atoms with E-state index in [1.54, 1.807) is 5.57 Å². The van der Waals surface area contributed by atoms with Crippen LogP contribution < -0.4 is 0 Å². The number of aryl methyl sites for hydroxylation is 1. The molecule has 3 fully saturated rings. The van der Waals surface area contributed by atoms with Crippen molar-refractivity contribution in [2.45, 2.75) is 103 Å². The van der Waals surface area contributed by atoms with Crippen LogP contribution in [0.5, 0.6) is 0 Å². The van der Waals surface area contributed by atoms with Crippen molar-refractivity contribution in [3.8, 4) is 0 Å². The maximum absolute atomic E-state index is 10.4. The van der Waals surface area contributed by atoms with E-state index in [1.807, 2.05) is 19.9 Å². The zero-order valence-corrected chi connectivity index (χ0v) is 22.3. The first-order chi connectivity index (χ1) is 16.5. The van der Waals surface area contributed by atoms with Crippen molar-refractivity contribution >= 4 is 0 Å². The zero-order valence-electron chi connectivity index (χ0n) is 22.3. The summed E-state index contributed by atoms with van der Waals surface area (Å²) in [6, 6.07) is 8.47. The van der Waals surface area contributed by atoms with Gasteiger partial charge in [-0.25, -0.2) is 0 Å². The summed E-state index contributed by atoms with van der Waals surface area (Å²) in [6.07, 6.45) is 12.8. The standard InChI is InChI=1S/C32H46O3/c1-21(11-12-23-8-6-10-26(18-23)31(3,4)35)28-15-16-29-24(9-7-17-32(28,29)5)13-14-25-19-27(33)20-30(34)22(25)2/h6,8,10,13-14,18,21,27-30,33-35H,2,7,9,11-12,15-17,19-20H2,1,3-5H3/b24-13+,25-14-/t21-,27+,28+,29-,30-,32+/m0/s1. The van der Waals surface area contributed by atoms with Gasteiger partial charge in [-0.3, -0.25) is 0 Å². The molecule has 1 aromatic carbocycles. The molecule has 3 heteroatoms. The van der Waals surface area contributed by atoms with Crippen molar-refractivity contribution in [1.82, 2.24) is 0 Å². The Bertz CT molecular complexity index is 981. The third-order valence-electron chi connectivity index (χ3n) is 9.51. The number of aliphatic hydroxyl groups excluding tert-OH is 2. The maximum atomic E-state index is 10.4. The highest BCUT2D eigenvalue weighted by Gasteiger charge is 2.50. The van der Waals surface area contributed by atoms with E-state index in [2.05, 4.69) is 50.8 Å². The molecule has 3 nitrogen and oxygen atoms in total. The van der Waals surface area contributed by atoms with Gasteiger partial charge in [0.1, 0.15) is 0 Å². The second kappa shape index (κ2) is 10.4. The normalized spacial score (nSPS) is 34.9. The van der Waals surface area contributed by atoms with Gasteiger partial charge in [0, 0.05) is 6.42 Å². The van der Waals surface area contributed by atoms with Gasteiger partial charge in [-0.05, 0) is 111 Å². The molecule has 35 heavy (non-hydrogen) atoms. The smallest absolute Gasteiger partial charge is 0.0840 e. The molecule has 3 aliphatic rings. The molecule has 0 spiro atoms. The summed E-state index contributed by atoms with van der Waals surface area (Å²) in [4.78, 5) is 0. The molecule has 0 radical (unpaired) electrons. The van der Waals surface area contributed by atoms with Crippen LogP contribution in [0.2, 0.25) is 0 Å². The third kappa shape index (κ3) is 5.68. The van der Waals surface area contributed by atoms with E-state index in [1.165, 1.54) is 37.7 Å². The molecule has 192 valence electrons. The molecule has 0 unspecified atom stereocenters. The van der Waals surface area contributed by atoms with E-state index in [0.717, 1.165) is 35.5 Å². The second-order valence-corrected chi connectivity index (χ2v) is 12.4. The minimum atomic E-state index is -0.798. The van der Waals surface area contributed by atoms with Crippen LogP contribution in [0.25, 0.3) is 0 Å². The van der Waals surface area contributed by atoms with Gasteiger partial charge >= 0.3 is 0 Å². The highest BCUT2D eigenvalue weighted by atomic mass is 16.3. The van der Waals surface area contributed by atoms with Gasteiger partial charge in [0.15, 0.2) is 0 Å². The van der Waals surface area contributed by atoms with Crippen LogP contribution in [-0.2, 0) is 12.0 Å². The number of rotatable bonds is 6.